The summed E-state index contributed by atoms with van der Waals surface area (Å²) in [6, 6.07) is -4.87. The number of carboxylic acids is 2. The predicted octanol–water partition coefficient (Wildman–Crippen LogP) is -2.30. The molecule has 3 amide bonds. The number of hydrogen-bond acceptors (Lipinski definition) is 6. The number of aliphatic hydroxyl groups excluding tert-OH is 1. The summed E-state index contributed by atoms with van der Waals surface area (Å²) in [6.45, 7) is 6.14. The van der Waals surface area contributed by atoms with Crippen LogP contribution in [0.2, 0.25) is 0 Å². The van der Waals surface area contributed by atoms with E-state index in [-0.39, 0.29) is 11.8 Å². The topological polar surface area (TPSA) is 210 Å². The Balaban J connectivity index is 5.37. The van der Waals surface area contributed by atoms with Gasteiger partial charge in [0.25, 0.3) is 5.91 Å². The van der Waals surface area contributed by atoms with Crippen LogP contribution in [0.1, 0.15) is 47.0 Å². The van der Waals surface area contributed by atoms with Gasteiger partial charge in [-0.15, -0.1) is 0 Å². The van der Waals surface area contributed by atoms with Gasteiger partial charge in [0, 0.05) is 0 Å². The number of amides is 3. The van der Waals surface area contributed by atoms with Gasteiger partial charge in [-0.05, 0) is 11.8 Å². The van der Waals surface area contributed by atoms with Gasteiger partial charge in [0.2, 0.25) is 11.8 Å². The van der Waals surface area contributed by atoms with E-state index >= 15 is 0 Å². The molecule has 6 atom stereocenters. The van der Waals surface area contributed by atoms with Crippen molar-refractivity contribution in [3.05, 3.63) is 0 Å². The molecule has 12 nitrogen and oxygen atoms in total. The second-order valence-electron chi connectivity index (χ2n) is 7.62. The fraction of sp³-hybridized carbons (Fsp3) is 0.737. The molecule has 0 unspecified atom stereocenters. The first-order chi connectivity index (χ1) is 14.4. The summed E-state index contributed by atoms with van der Waals surface area (Å²) in [5.74, 6) is -5.57. The van der Waals surface area contributed by atoms with Gasteiger partial charge >= 0.3 is 11.9 Å². The van der Waals surface area contributed by atoms with Crippen LogP contribution in [0.3, 0.4) is 0 Å². The molecule has 12 heteroatoms. The molecule has 0 saturated heterocycles. The van der Waals surface area contributed by atoms with Crippen LogP contribution in [0.25, 0.3) is 0 Å². The van der Waals surface area contributed by atoms with Crippen molar-refractivity contribution in [2.24, 2.45) is 11.8 Å². The highest BCUT2D eigenvalue weighted by atomic mass is 16.4. The number of aliphatic carboxylic acids is 2. The molecule has 0 fully saturated rings. The average Bonchev–Trinajstić information content (AvgIpc) is 2.71. The lowest BCUT2D eigenvalue weighted by atomic mass is 9.95. The molecule has 31 heavy (non-hydrogen) atoms. The first kappa shape index (κ1) is 28.3. The maximum atomic E-state index is 12.8. The second kappa shape index (κ2) is 13.5. The van der Waals surface area contributed by atoms with Crippen molar-refractivity contribution in [2.45, 2.75) is 71.1 Å². The van der Waals surface area contributed by atoms with Crippen LogP contribution in [0.4, 0.5) is 0 Å². The molecule has 0 heterocycles. The highest BCUT2D eigenvalue weighted by Gasteiger charge is 2.34. The zero-order chi connectivity index (χ0) is 24.3. The summed E-state index contributed by atoms with van der Waals surface area (Å²) in [4.78, 5) is 59.6. The number of carbonyl (C=O) groups is 5. The molecule has 0 aromatic heterocycles. The smallest absolute Gasteiger partial charge is 0.326 e. The van der Waals surface area contributed by atoms with Gasteiger partial charge in [0.15, 0.2) is 6.04 Å². The molecular formula is C19H35N4O8+. The normalized spacial score (nSPS) is 16.7. The fourth-order valence-electron chi connectivity index (χ4n) is 2.67. The largest absolute Gasteiger partial charge is 0.481 e. The van der Waals surface area contributed by atoms with Crippen LogP contribution >= 0.6 is 0 Å². The summed E-state index contributed by atoms with van der Waals surface area (Å²) in [5, 5.41) is 34.7. The molecule has 0 aromatic carbocycles. The predicted molar refractivity (Wildman–Crippen MR) is 108 cm³/mol. The number of rotatable bonds is 14. The molecule has 0 radical (unpaired) electrons. The summed E-state index contributed by atoms with van der Waals surface area (Å²) < 4.78 is 0. The molecule has 0 bridgehead atoms. The van der Waals surface area contributed by atoms with Gasteiger partial charge in [0.1, 0.15) is 24.5 Å². The Kier molecular flexibility index (Phi) is 12.4. The molecule has 0 rings (SSSR count). The van der Waals surface area contributed by atoms with Crippen LogP contribution in [-0.4, -0.2) is 75.8 Å². The minimum Gasteiger partial charge on any atom is -0.481 e. The highest BCUT2D eigenvalue weighted by Crippen LogP contribution is 2.12. The van der Waals surface area contributed by atoms with Gasteiger partial charge in [-0.1, -0.05) is 40.5 Å². The van der Waals surface area contributed by atoms with Crippen LogP contribution in [0.5, 0.6) is 0 Å². The van der Waals surface area contributed by atoms with Crippen molar-refractivity contribution in [2.75, 3.05) is 6.61 Å². The number of nitrogens with one attached hydrogen (secondary N) is 3. The van der Waals surface area contributed by atoms with Crippen molar-refractivity contribution in [1.82, 2.24) is 16.0 Å². The standard InChI is InChI=1S/C19H34N4O8/c1-5-9(3)14(18(29)23-15(19(30)31)10(4)6-2)22-17(28)12(8-24)21-16(27)11(20)7-13(25)26/h9-12,14-15,24H,5-8,20H2,1-4H3,(H,21,27)(H,22,28)(H,23,29)(H,25,26)(H,30,31)/p+1/t9-,10-,11-,12-,14-,15-/m0/s1. The Morgan fingerprint density at radius 1 is 0.806 bits per heavy atom. The van der Waals surface area contributed by atoms with Crippen molar-refractivity contribution < 1.29 is 45.0 Å². The second-order valence-corrected chi connectivity index (χ2v) is 7.62. The monoisotopic (exact) mass is 447 g/mol. The molecule has 0 aromatic rings. The quantitative estimate of drug-likeness (QED) is 0.153. The van der Waals surface area contributed by atoms with Gasteiger partial charge in [0.05, 0.1) is 6.61 Å². The molecular weight excluding hydrogens is 412 g/mol. The van der Waals surface area contributed by atoms with Crippen molar-refractivity contribution in [3.63, 3.8) is 0 Å². The number of quaternary nitrogens is 1. The van der Waals surface area contributed by atoms with E-state index in [2.05, 4.69) is 21.7 Å². The highest BCUT2D eigenvalue weighted by molar-refractivity contribution is 5.94. The van der Waals surface area contributed by atoms with E-state index in [1.54, 1.807) is 27.7 Å². The van der Waals surface area contributed by atoms with Crippen molar-refractivity contribution >= 4 is 29.7 Å². The van der Waals surface area contributed by atoms with E-state index in [9.17, 15) is 34.2 Å². The molecule has 0 saturated carbocycles. The molecule has 178 valence electrons. The Morgan fingerprint density at radius 3 is 1.71 bits per heavy atom. The zero-order valence-corrected chi connectivity index (χ0v) is 18.4. The first-order valence-electron chi connectivity index (χ1n) is 10.2. The van der Waals surface area contributed by atoms with Gasteiger partial charge in [-0.25, -0.2) is 4.79 Å². The van der Waals surface area contributed by atoms with E-state index in [0.29, 0.717) is 12.8 Å². The third kappa shape index (κ3) is 9.30. The first-order valence-corrected chi connectivity index (χ1v) is 10.2. The SMILES string of the molecule is CC[C@H](C)[C@H](NC(=O)[C@@H](NC(=O)[C@H](CO)NC(=O)[C@@H]([NH3+])CC(=O)O)[C@@H](C)CC)C(=O)O. The van der Waals surface area contributed by atoms with Crippen LogP contribution in [-0.2, 0) is 24.0 Å². The Hall–Kier alpha value is -2.73. The third-order valence-electron chi connectivity index (χ3n) is 5.18. The van der Waals surface area contributed by atoms with Crippen LogP contribution in [0.15, 0.2) is 0 Å². The number of hydrogen-bond donors (Lipinski definition) is 7. The third-order valence-corrected chi connectivity index (χ3v) is 5.18. The minimum absolute atomic E-state index is 0.345. The lowest BCUT2D eigenvalue weighted by molar-refractivity contribution is -0.403. The number of carbonyl (C=O) groups excluding carboxylic acids is 3. The van der Waals surface area contributed by atoms with E-state index in [0.717, 1.165) is 0 Å². The molecule has 9 N–H and O–H groups in total. The minimum atomic E-state index is -1.44. The Bertz CT molecular complexity index is 657. The average molecular weight is 448 g/mol. The van der Waals surface area contributed by atoms with E-state index in [1.165, 1.54) is 0 Å². The van der Waals surface area contributed by atoms with E-state index in [4.69, 9.17) is 5.11 Å². The summed E-state index contributed by atoms with van der Waals surface area (Å²) in [7, 11) is 0. The van der Waals surface area contributed by atoms with Gasteiger partial charge in [-0.3, -0.25) is 19.2 Å². The summed E-state index contributed by atoms with van der Waals surface area (Å²) >= 11 is 0. The summed E-state index contributed by atoms with van der Waals surface area (Å²) in [6.07, 6.45) is 0.434. The zero-order valence-electron chi connectivity index (χ0n) is 18.4. The van der Waals surface area contributed by atoms with Crippen molar-refractivity contribution in [1.29, 1.82) is 0 Å². The van der Waals surface area contributed by atoms with E-state index in [1.807, 2.05) is 0 Å². The molecule has 0 aliphatic carbocycles. The number of carboxylic acid groups (broad SMARTS) is 2. The Morgan fingerprint density at radius 2 is 1.29 bits per heavy atom. The van der Waals surface area contributed by atoms with Gasteiger partial charge in [-0.2, -0.15) is 0 Å². The lowest BCUT2D eigenvalue weighted by Gasteiger charge is -2.28. The maximum Gasteiger partial charge on any atom is 0.326 e. The van der Waals surface area contributed by atoms with Crippen LogP contribution < -0.4 is 21.7 Å². The molecule has 0 aliphatic rings. The summed E-state index contributed by atoms with van der Waals surface area (Å²) in [5.41, 5.74) is 3.40. The van der Waals surface area contributed by atoms with Crippen molar-refractivity contribution in [3.8, 4) is 0 Å². The van der Waals surface area contributed by atoms with E-state index < -0.39 is 66.9 Å². The fourth-order valence-corrected chi connectivity index (χ4v) is 2.67. The Labute approximate surface area is 180 Å². The maximum absolute atomic E-state index is 12.8. The van der Waals surface area contributed by atoms with Crippen LogP contribution in [0, 0.1) is 11.8 Å². The molecule has 0 aliphatic heterocycles. The molecule has 0 spiro atoms. The van der Waals surface area contributed by atoms with Gasteiger partial charge < -0.3 is 37.0 Å². The number of aliphatic hydroxyl groups is 1. The lowest BCUT2D eigenvalue weighted by Crippen LogP contribution is -2.70.